The number of nitrogens with zero attached hydrogens (tertiary/aromatic N) is 3. The molecule has 0 radical (unpaired) electrons. The second-order valence-electron chi connectivity index (χ2n) is 5.18. The Morgan fingerprint density at radius 3 is 2.74 bits per heavy atom. The lowest BCUT2D eigenvalue weighted by molar-refractivity contribution is 0.210. The average molecular weight is 309 g/mol. The minimum atomic E-state index is 0.565. The second-order valence-corrected chi connectivity index (χ2v) is 5.18. The molecular formula is C17H19N5O. The van der Waals surface area contributed by atoms with Crippen molar-refractivity contribution in [3.05, 3.63) is 48.2 Å². The number of hydrogen-bond donors (Lipinski definition) is 2. The van der Waals surface area contributed by atoms with Gasteiger partial charge in [-0.2, -0.15) is 4.98 Å². The van der Waals surface area contributed by atoms with Gasteiger partial charge in [-0.25, -0.2) is 9.97 Å². The van der Waals surface area contributed by atoms with E-state index in [2.05, 4.69) is 25.6 Å². The van der Waals surface area contributed by atoms with E-state index in [9.17, 15) is 0 Å². The molecular weight excluding hydrogens is 290 g/mol. The van der Waals surface area contributed by atoms with Crippen molar-refractivity contribution in [3.8, 4) is 0 Å². The zero-order valence-corrected chi connectivity index (χ0v) is 13.2. The van der Waals surface area contributed by atoms with Crippen molar-refractivity contribution in [3.63, 3.8) is 0 Å². The van der Waals surface area contributed by atoms with Crippen LogP contribution in [0.5, 0.6) is 0 Å². The van der Waals surface area contributed by atoms with E-state index in [1.54, 1.807) is 7.11 Å². The molecule has 2 heterocycles. The van der Waals surface area contributed by atoms with E-state index in [0.29, 0.717) is 19.1 Å². The summed E-state index contributed by atoms with van der Waals surface area (Å²) in [6, 6.07) is 11.8. The Balaban J connectivity index is 1.94. The molecule has 0 aliphatic heterocycles. The SMILES string of the molecule is COCCNc1nc(Nc2ccc(C)cn2)c2ccccc2n1. The smallest absolute Gasteiger partial charge is 0.225 e. The van der Waals surface area contributed by atoms with Crippen LogP contribution in [0.25, 0.3) is 10.9 Å². The fraction of sp³-hybridized carbons (Fsp3) is 0.235. The van der Waals surface area contributed by atoms with Crippen LogP contribution in [-0.4, -0.2) is 35.2 Å². The lowest BCUT2D eigenvalue weighted by Crippen LogP contribution is -2.11. The molecule has 3 aromatic rings. The number of benzene rings is 1. The highest BCUT2D eigenvalue weighted by Gasteiger charge is 2.08. The molecule has 0 spiro atoms. The maximum Gasteiger partial charge on any atom is 0.225 e. The Labute approximate surface area is 135 Å². The molecule has 0 unspecified atom stereocenters. The molecule has 6 heteroatoms. The molecule has 0 amide bonds. The Morgan fingerprint density at radius 1 is 1.09 bits per heavy atom. The van der Waals surface area contributed by atoms with Crippen LogP contribution in [0.1, 0.15) is 5.56 Å². The third kappa shape index (κ3) is 3.73. The molecule has 2 aromatic heterocycles. The molecule has 0 atom stereocenters. The third-order valence-electron chi connectivity index (χ3n) is 3.35. The number of rotatable bonds is 6. The number of methoxy groups -OCH3 is 1. The minimum Gasteiger partial charge on any atom is -0.383 e. The Morgan fingerprint density at radius 2 is 1.96 bits per heavy atom. The summed E-state index contributed by atoms with van der Waals surface area (Å²) in [5, 5.41) is 7.39. The van der Waals surface area contributed by atoms with E-state index in [-0.39, 0.29) is 0 Å². The fourth-order valence-corrected chi connectivity index (χ4v) is 2.18. The van der Waals surface area contributed by atoms with Gasteiger partial charge in [0.2, 0.25) is 5.95 Å². The molecule has 0 bridgehead atoms. The van der Waals surface area contributed by atoms with E-state index in [0.717, 1.165) is 28.1 Å². The quantitative estimate of drug-likeness (QED) is 0.682. The first kappa shape index (κ1) is 15.2. The van der Waals surface area contributed by atoms with Gasteiger partial charge in [0.25, 0.3) is 0 Å². The predicted octanol–water partition coefficient (Wildman–Crippen LogP) is 3.14. The largest absolute Gasteiger partial charge is 0.383 e. The average Bonchev–Trinajstić information content (AvgIpc) is 2.57. The van der Waals surface area contributed by atoms with Crippen LogP contribution in [0, 0.1) is 6.92 Å². The van der Waals surface area contributed by atoms with Crippen LogP contribution in [0.15, 0.2) is 42.6 Å². The van der Waals surface area contributed by atoms with Gasteiger partial charge in [-0.15, -0.1) is 0 Å². The molecule has 2 N–H and O–H groups in total. The number of hydrogen-bond acceptors (Lipinski definition) is 6. The van der Waals surface area contributed by atoms with E-state index in [1.165, 1.54) is 0 Å². The number of aromatic nitrogens is 3. The number of fused-ring (bicyclic) bond motifs is 1. The predicted molar refractivity (Wildman–Crippen MR) is 92.2 cm³/mol. The molecule has 6 nitrogen and oxygen atoms in total. The second kappa shape index (κ2) is 7.02. The van der Waals surface area contributed by atoms with Crippen molar-refractivity contribution in [2.75, 3.05) is 30.9 Å². The molecule has 0 aliphatic rings. The van der Waals surface area contributed by atoms with Crippen LogP contribution >= 0.6 is 0 Å². The third-order valence-corrected chi connectivity index (χ3v) is 3.35. The van der Waals surface area contributed by atoms with Crippen LogP contribution in [-0.2, 0) is 4.74 Å². The molecule has 1 aromatic carbocycles. The Kier molecular flexibility index (Phi) is 4.63. The summed E-state index contributed by atoms with van der Waals surface area (Å²) in [5.74, 6) is 2.05. The van der Waals surface area contributed by atoms with Crippen LogP contribution in [0.2, 0.25) is 0 Å². The molecule has 3 rings (SSSR count). The van der Waals surface area contributed by atoms with Crippen molar-refractivity contribution in [1.29, 1.82) is 0 Å². The fourth-order valence-electron chi connectivity index (χ4n) is 2.18. The van der Waals surface area contributed by atoms with E-state index in [4.69, 9.17) is 4.74 Å². The monoisotopic (exact) mass is 309 g/mol. The van der Waals surface area contributed by atoms with Crippen molar-refractivity contribution in [1.82, 2.24) is 15.0 Å². The van der Waals surface area contributed by atoms with Gasteiger partial charge in [0.15, 0.2) is 0 Å². The molecule has 0 saturated heterocycles. The standard InChI is InChI=1S/C17H19N5O/c1-12-7-8-15(19-11-12)21-16-13-5-3-4-6-14(13)20-17(22-16)18-9-10-23-2/h3-8,11H,9-10H2,1-2H3,(H2,18,19,20,21,22). The topological polar surface area (TPSA) is 72.0 Å². The highest BCUT2D eigenvalue weighted by Crippen LogP contribution is 2.24. The highest BCUT2D eigenvalue weighted by molar-refractivity contribution is 5.91. The Hall–Kier alpha value is -2.73. The maximum atomic E-state index is 5.04. The van der Waals surface area contributed by atoms with Gasteiger partial charge in [0, 0.05) is 25.2 Å². The van der Waals surface area contributed by atoms with Crippen molar-refractivity contribution in [2.45, 2.75) is 6.92 Å². The minimum absolute atomic E-state index is 0.565. The van der Waals surface area contributed by atoms with Gasteiger partial charge in [-0.3, -0.25) is 0 Å². The Bertz CT molecular complexity index is 789. The maximum absolute atomic E-state index is 5.04. The van der Waals surface area contributed by atoms with E-state index in [1.807, 2.05) is 49.5 Å². The summed E-state index contributed by atoms with van der Waals surface area (Å²) in [5.41, 5.74) is 1.99. The first-order valence-corrected chi connectivity index (χ1v) is 7.45. The lowest BCUT2D eigenvalue weighted by atomic mass is 10.2. The number of anilines is 3. The summed E-state index contributed by atoms with van der Waals surface area (Å²) < 4.78 is 5.04. The van der Waals surface area contributed by atoms with Crippen molar-refractivity contribution < 1.29 is 4.74 Å². The van der Waals surface area contributed by atoms with Crippen LogP contribution in [0.4, 0.5) is 17.6 Å². The van der Waals surface area contributed by atoms with Crippen LogP contribution in [0.3, 0.4) is 0 Å². The number of ether oxygens (including phenoxy) is 1. The molecule has 23 heavy (non-hydrogen) atoms. The van der Waals surface area contributed by atoms with Crippen LogP contribution < -0.4 is 10.6 Å². The lowest BCUT2D eigenvalue weighted by Gasteiger charge is -2.11. The van der Waals surface area contributed by atoms with Crippen molar-refractivity contribution >= 4 is 28.5 Å². The number of aryl methyl sites for hydroxylation is 1. The molecule has 0 fully saturated rings. The molecule has 0 aliphatic carbocycles. The van der Waals surface area contributed by atoms with Gasteiger partial charge in [-0.1, -0.05) is 18.2 Å². The van der Waals surface area contributed by atoms with Gasteiger partial charge >= 0.3 is 0 Å². The summed E-state index contributed by atoms with van der Waals surface area (Å²) in [4.78, 5) is 13.5. The van der Waals surface area contributed by atoms with Gasteiger partial charge in [0.05, 0.1) is 12.1 Å². The number of para-hydroxylation sites is 1. The first-order chi connectivity index (χ1) is 11.3. The van der Waals surface area contributed by atoms with Gasteiger partial charge in [0.1, 0.15) is 11.6 Å². The summed E-state index contributed by atoms with van der Waals surface area (Å²) in [6.45, 7) is 3.25. The number of pyridine rings is 1. The zero-order valence-electron chi connectivity index (χ0n) is 13.2. The molecule has 118 valence electrons. The summed E-state index contributed by atoms with van der Waals surface area (Å²) in [6.07, 6.45) is 1.82. The summed E-state index contributed by atoms with van der Waals surface area (Å²) >= 11 is 0. The van der Waals surface area contributed by atoms with Gasteiger partial charge < -0.3 is 15.4 Å². The number of nitrogens with one attached hydrogen (secondary N) is 2. The first-order valence-electron chi connectivity index (χ1n) is 7.45. The normalized spacial score (nSPS) is 10.7. The van der Waals surface area contributed by atoms with E-state index >= 15 is 0 Å². The molecule has 0 saturated carbocycles. The van der Waals surface area contributed by atoms with E-state index < -0.39 is 0 Å². The zero-order chi connectivity index (χ0) is 16.1. The van der Waals surface area contributed by atoms with Crippen molar-refractivity contribution in [2.24, 2.45) is 0 Å². The highest BCUT2D eigenvalue weighted by atomic mass is 16.5. The van der Waals surface area contributed by atoms with Gasteiger partial charge in [-0.05, 0) is 30.7 Å². The summed E-state index contributed by atoms with van der Waals surface area (Å²) in [7, 11) is 1.67.